The molecule has 0 aromatic heterocycles. The lowest BCUT2D eigenvalue weighted by Gasteiger charge is -2.33. The summed E-state index contributed by atoms with van der Waals surface area (Å²) in [5, 5.41) is 0. The predicted octanol–water partition coefficient (Wildman–Crippen LogP) is 3.03. The molecule has 6 heteroatoms. The molecule has 6 nitrogen and oxygen atoms in total. The molecule has 0 aromatic carbocycles. The van der Waals surface area contributed by atoms with Crippen LogP contribution in [0.5, 0.6) is 0 Å². The van der Waals surface area contributed by atoms with Gasteiger partial charge in [0, 0.05) is 19.6 Å². The van der Waals surface area contributed by atoms with E-state index in [0.29, 0.717) is 18.0 Å². The highest BCUT2D eigenvalue weighted by atomic mass is 15.3. The molecule has 0 bridgehead atoms. The summed E-state index contributed by atoms with van der Waals surface area (Å²) in [5.41, 5.74) is 12.4. The van der Waals surface area contributed by atoms with Crippen molar-refractivity contribution in [2.24, 2.45) is 39.2 Å². The number of unbranched alkanes of at least 4 members (excludes halogenated alkanes) is 1. The molecule has 2 heterocycles. The van der Waals surface area contributed by atoms with E-state index in [0.717, 1.165) is 62.8 Å². The highest BCUT2D eigenvalue weighted by molar-refractivity contribution is 5.80. The first-order valence-corrected chi connectivity index (χ1v) is 11.6. The molecule has 1 fully saturated rings. The lowest BCUT2D eigenvalue weighted by molar-refractivity contribution is 0.211. The molecule has 28 heavy (non-hydrogen) atoms. The summed E-state index contributed by atoms with van der Waals surface area (Å²) >= 11 is 0. The summed E-state index contributed by atoms with van der Waals surface area (Å²) in [6, 6.07) is 0.874. The topological polar surface area (TPSA) is 83.2 Å². The molecule has 0 radical (unpaired) electrons. The van der Waals surface area contributed by atoms with Crippen molar-refractivity contribution in [1.82, 2.24) is 9.80 Å². The molecule has 1 aliphatic carbocycles. The van der Waals surface area contributed by atoms with E-state index in [-0.39, 0.29) is 0 Å². The smallest absolute Gasteiger partial charge is 0.191 e. The highest BCUT2D eigenvalue weighted by Crippen LogP contribution is 2.30. The zero-order valence-electron chi connectivity index (χ0n) is 18.3. The molecular formula is C22H42N6. The maximum absolute atomic E-state index is 6.23. The van der Waals surface area contributed by atoms with Crippen LogP contribution in [0.2, 0.25) is 0 Å². The van der Waals surface area contributed by atoms with Crippen molar-refractivity contribution in [3.05, 3.63) is 0 Å². The second-order valence-corrected chi connectivity index (χ2v) is 9.51. The maximum atomic E-state index is 6.23. The zero-order chi connectivity index (χ0) is 20.1. The van der Waals surface area contributed by atoms with Crippen LogP contribution >= 0.6 is 0 Å². The van der Waals surface area contributed by atoms with Crippen LogP contribution in [0.4, 0.5) is 0 Å². The Hall–Kier alpha value is -1.46. The summed E-state index contributed by atoms with van der Waals surface area (Å²) in [4.78, 5) is 13.9. The fourth-order valence-corrected chi connectivity index (χ4v) is 4.93. The summed E-state index contributed by atoms with van der Waals surface area (Å²) in [5.74, 6) is 3.82. The average Bonchev–Trinajstić information content (AvgIpc) is 3.23. The van der Waals surface area contributed by atoms with Crippen LogP contribution in [0.3, 0.4) is 0 Å². The van der Waals surface area contributed by atoms with E-state index in [9.17, 15) is 0 Å². The van der Waals surface area contributed by atoms with E-state index in [1.165, 1.54) is 38.5 Å². The lowest BCUT2D eigenvalue weighted by atomic mass is 9.82. The van der Waals surface area contributed by atoms with Gasteiger partial charge in [0.1, 0.15) is 0 Å². The molecule has 160 valence electrons. The Kier molecular flexibility index (Phi) is 7.47. The van der Waals surface area contributed by atoms with Gasteiger partial charge < -0.3 is 21.3 Å². The minimum atomic E-state index is 0.377. The normalized spacial score (nSPS) is 31.8. The summed E-state index contributed by atoms with van der Waals surface area (Å²) in [6.45, 7) is 10.9. The van der Waals surface area contributed by atoms with Crippen molar-refractivity contribution in [3.8, 4) is 0 Å². The van der Waals surface area contributed by atoms with Crippen LogP contribution in [0.25, 0.3) is 0 Å². The van der Waals surface area contributed by atoms with Gasteiger partial charge in [0.15, 0.2) is 11.9 Å². The van der Waals surface area contributed by atoms with Gasteiger partial charge in [0.05, 0.1) is 18.6 Å². The molecule has 3 atom stereocenters. The molecular weight excluding hydrogens is 348 g/mol. The van der Waals surface area contributed by atoms with Crippen LogP contribution in [0, 0.1) is 17.8 Å². The fourth-order valence-electron chi connectivity index (χ4n) is 4.93. The van der Waals surface area contributed by atoms with E-state index in [1.807, 2.05) is 0 Å². The molecule has 2 aliphatic heterocycles. The van der Waals surface area contributed by atoms with Crippen LogP contribution in [-0.2, 0) is 0 Å². The van der Waals surface area contributed by atoms with Crippen molar-refractivity contribution >= 4 is 11.9 Å². The predicted molar refractivity (Wildman–Crippen MR) is 118 cm³/mol. The van der Waals surface area contributed by atoms with E-state index >= 15 is 0 Å². The molecule has 3 aliphatic rings. The van der Waals surface area contributed by atoms with Crippen molar-refractivity contribution < 1.29 is 0 Å². The fraction of sp³-hybridized carbons (Fsp3) is 0.909. The Morgan fingerprint density at radius 2 is 1.86 bits per heavy atom. The largest absolute Gasteiger partial charge is 0.370 e. The Labute approximate surface area is 171 Å². The third-order valence-corrected chi connectivity index (χ3v) is 7.34. The molecule has 4 N–H and O–H groups in total. The number of hydrogen-bond donors (Lipinski definition) is 2. The minimum absolute atomic E-state index is 0.377. The van der Waals surface area contributed by atoms with Crippen LogP contribution in [0.1, 0.15) is 72.1 Å². The van der Waals surface area contributed by atoms with Gasteiger partial charge in [-0.1, -0.05) is 40.0 Å². The second-order valence-electron chi connectivity index (χ2n) is 9.51. The summed E-state index contributed by atoms with van der Waals surface area (Å²) in [6.07, 6.45) is 10.1. The van der Waals surface area contributed by atoms with Gasteiger partial charge in [-0.25, -0.2) is 4.99 Å². The Bertz CT molecular complexity index is 551. The Morgan fingerprint density at radius 1 is 1.11 bits per heavy atom. The van der Waals surface area contributed by atoms with E-state index in [4.69, 9.17) is 11.5 Å². The van der Waals surface area contributed by atoms with Crippen molar-refractivity contribution in [1.29, 1.82) is 0 Å². The van der Waals surface area contributed by atoms with Gasteiger partial charge in [0.2, 0.25) is 0 Å². The first-order chi connectivity index (χ1) is 13.5. The number of rotatable bonds is 9. The molecule has 0 aromatic rings. The van der Waals surface area contributed by atoms with Gasteiger partial charge in [-0.05, 0) is 49.9 Å². The first kappa shape index (κ1) is 21.3. The third-order valence-electron chi connectivity index (χ3n) is 7.34. The van der Waals surface area contributed by atoms with Crippen molar-refractivity contribution in [2.45, 2.75) is 84.2 Å². The molecule has 1 saturated carbocycles. The van der Waals surface area contributed by atoms with Crippen molar-refractivity contribution in [2.75, 3.05) is 26.2 Å². The van der Waals surface area contributed by atoms with Gasteiger partial charge in [0.25, 0.3) is 0 Å². The van der Waals surface area contributed by atoms with Gasteiger partial charge in [-0.15, -0.1) is 0 Å². The van der Waals surface area contributed by atoms with Crippen LogP contribution < -0.4 is 11.5 Å². The Morgan fingerprint density at radius 3 is 2.57 bits per heavy atom. The molecule has 3 rings (SSSR count). The zero-order valence-corrected chi connectivity index (χ0v) is 18.3. The average molecular weight is 391 g/mol. The van der Waals surface area contributed by atoms with Gasteiger partial charge >= 0.3 is 0 Å². The summed E-state index contributed by atoms with van der Waals surface area (Å²) < 4.78 is 0. The molecule has 0 saturated heterocycles. The number of aliphatic imine (C=N–C) groups is 2. The number of nitrogens with zero attached hydrogens (tertiary/aromatic N) is 4. The minimum Gasteiger partial charge on any atom is -0.370 e. The quantitative estimate of drug-likeness (QED) is 0.593. The van der Waals surface area contributed by atoms with Crippen LogP contribution in [0.15, 0.2) is 9.98 Å². The van der Waals surface area contributed by atoms with E-state index in [1.54, 1.807) is 0 Å². The standard InChI is InChI=1S/C22H42N6/c1-4-17(3)20-15-27(22(24)26-20)12-6-5-7-19-13-25-21(23)28(19)14-18-10-8-16(2)9-11-18/h16-20H,4-15H2,1-3H3,(H2,23,25)(H2,24,26)/t16?,17-,18?,19-,20+/m0/s1. The monoisotopic (exact) mass is 390 g/mol. The highest BCUT2D eigenvalue weighted by Gasteiger charge is 2.30. The SMILES string of the molecule is CC[C@H](C)[C@H]1CN(CCCC[C@H]2CN=C(N)N2CC2CCC(C)CC2)C(N)=N1. The molecule has 0 unspecified atom stereocenters. The third kappa shape index (κ3) is 5.32. The van der Waals surface area contributed by atoms with Crippen LogP contribution in [-0.4, -0.2) is 60.0 Å². The van der Waals surface area contributed by atoms with E-state index < -0.39 is 0 Å². The molecule has 0 amide bonds. The van der Waals surface area contributed by atoms with Crippen molar-refractivity contribution in [3.63, 3.8) is 0 Å². The Balaban J connectivity index is 1.38. The second kappa shape index (κ2) is 9.84. The maximum Gasteiger partial charge on any atom is 0.191 e. The first-order valence-electron chi connectivity index (χ1n) is 11.6. The molecule has 0 spiro atoms. The number of guanidine groups is 2. The van der Waals surface area contributed by atoms with Gasteiger partial charge in [-0.3, -0.25) is 4.99 Å². The summed E-state index contributed by atoms with van der Waals surface area (Å²) in [7, 11) is 0. The number of nitrogens with two attached hydrogens (primary N) is 2. The van der Waals surface area contributed by atoms with E-state index in [2.05, 4.69) is 40.6 Å². The van der Waals surface area contributed by atoms with Gasteiger partial charge in [-0.2, -0.15) is 0 Å². The lowest BCUT2D eigenvalue weighted by Crippen LogP contribution is -2.44. The number of hydrogen-bond acceptors (Lipinski definition) is 6.